The van der Waals surface area contributed by atoms with Gasteiger partial charge < -0.3 is 10.8 Å². The number of carboxylic acids is 1. The van der Waals surface area contributed by atoms with Crippen LogP contribution in [0.25, 0.3) is 11.1 Å². The highest BCUT2D eigenvalue weighted by Crippen LogP contribution is 2.22. The molecule has 106 valence electrons. The Kier molecular flexibility index (Phi) is 5.67. The van der Waals surface area contributed by atoms with Crippen LogP contribution < -0.4 is 5.73 Å². The fourth-order valence-corrected chi connectivity index (χ4v) is 1.86. The number of carbonyl (C=O) groups is 1. The van der Waals surface area contributed by atoms with Crippen LogP contribution in [0.4, 0.5) is 4.39 Å². The van der Waals surface area contributed by atoms with Crippen LogP contribution in [0, 0.1) is 5.82 Å². The molecule has 0 saturated carbocycles. The molecule has 0 fully saturated rings. The van der Waals surface area contributed by atoms with E-state index in [1.807, 2.05) is 0 Å². The van der Waals surface area contributed by atoms with Crippen LogP contribution in [0.1, 0.15) is 5.56 Å². The summed E-state index contributed by atoms with van der Waals surface area (Å²) in [5.41, 5.74) is 7.56. The van der Waals surface area contributed by atoms with Gasteiger partial charge in [-0.3, -0.25) is 4.79 Å². The lowest BCUT2D eigenvalue weighted by molar-refractivity contribution is -0.138. The van der Waals surface area contributed by atoms with Crippen molar-refractivity contribution in [3.8, 4) is 11.1 Å². The molecule has 0 bridgehead atoms. The van der Waals surface area contributed by atoms with Crippen LogP contribution in [0.3, 0.4) is 0 Å². The lowest BCUT2D eigenvalue weighted by Gasteiger charge is -2.08. The monoisotopic (exact) mass is 295 g/mol. The summed E-state index contributed by atoms with van der Waals surface area (Å²) in [5, 5.41) is 8.74. The molecule has 0 heterocycles. The summed E-state index contributed by atoms with van der Waals surface area (Å²) in [6, 6.07) is 12.7. The topological polar surface area (TPSA) is 63.3 Å². The van der Waals surface area contributed by atoms with Crippen LogP contribution in [0.5, 0.6) is 0 Å². The molecule has 0 amide bonds. The summed E-state index contributed by atoms with van der Waals surface area (Å²) in [7, 11) is 0. The van der Waals surface area contributed by atoms with Crippen molar-refractivity contribution in [3.05, 3.63) is 59.9 Å². The molecule has 1 atom stereocenters. The Bertz CT molecular complexity index is 587. The molecule has 0 aliphatic carbocycles. The minimum Gasteiger partial charge on any atom is -0.480 e. The van der Waals surface area contributed by atoms with Gasteiger partial charge in [0.2, 0.25) is 0 Å². The van der Waals surface area contributed by atoms with E-state index >= 15 is 0 Å². The van der Waals surface area contributed by atoms with Gasteiger partial charge in [0.1, 0.15) is 11.9 Å². The zero-order valence-electron chi connectivity index (χ0n) is 10.6. The maximum Gasteiger partial charge on any atom is 0.320 e. The average Bonchev–Trinajstić information content (AvgIpc) is 2.40. The van der Waals surface area contributed by atoms with E-state index in [1.54, 1.807) is 42.5 Å². The van der Waals surface area contributed by atoms with Crippen LogP contribution in [-0.4, -0.2) is 17.1 Å². The quantitative estimate of drug-likeness (QED) is 0.911. The van der Waals surface area contributed by atoms with Gasteiger partial charge in [-0.2, -0.15) is 0 Å². The molecule has 2 aromatic carbocycles. The third-order valence-electron chi connectivity index (χ3n) is 2.91. The normalized spacial score (nSPS) is 11.5. The second-order valence-electron chi connectivity index (χ2n) is 4.33. The summed E-state index contributed by atoms with van der Waals surface area (Å²) in [6.45, 7) is 0. The zero-order chi connectivity index (χ0) is 13.8. The Morgan fingerprint density at radius 3 is 2.30 bits per heavy atom. The molecule has 0 unspecified atom stereocenters. The largest absolute Gasteiger partial charge is 0.480 e. The molecule has 3 nitrogen and oxygen atoms in total. The minimum atomic E-state index is -1.03. The van der Waals surface area contributed by atoms with Crippen LogP contribution in [0.2, 0.25) is 0 Å². The predicted octanol–water partition coefficient (Wildman–Crippen LogP) is 2.87. The molecular weight excluding hydrogens is 281 g/mol. The second-order valence-corrected chi connectivity index (χ2v) is 4.33. The first-order valence-electron chi connectivity index (χ1n) is 5.90. The van der Waals surface area contributed by atoms with Crippen molar-refractivity contribution in [2.75, 3.05) is 0 Å². The Balaban J connectivity index is 0.00000200. The summed E-state index contributed by atoms with van der Waals surface area (Å²) in [6.07, 6.45) is 0.257. The van der Waals surface area contributed by atoms with Gasteiger partial charge in [0.05, 0.1) is 0 Å². The van der Waals surface area contributed by atoms with E-state index in [9.17, 15) is 9.18 Å². The van der Waals surface area contributed by atoms with E-state index in [-0.39, 0.29) is 24.6 Å². The highest BCUT2D eigenvalue weighted by molar-refractivity contribution is 5.85. The number of hydrogen-bond acceptors (Lipinski definition) is 2. The predicted molar refractivity (Wildman–Crippen MR) is 78.4 cm³/mol. The maximum absolute atomic E-state index is 13.6. The number of hydrogen-bond donors (Lipinski definition) is 2. The number of carboxylic acid groups (broad SMARTS) is 1. The molecule has 0 aromatic heterocycles. The van der Waals surface area contributed by atoms with Gasteiger partial charge in [0.15, 0.2) is 0 Å². The van der Waals surface area contributed by atoms with Crippen LogP contribution in [0.15, 0.2) is 48.5 Å². The van der Waals surface area contributed by atoms with Crippen molar-refractivity contribution in [1.82, 2.24) is 0 Å². The Morgan fingerprint density at radius 1 is 1.15 bits per heavy atom. The van der Waals surface area contributed by atoms with Gasteiger partial charge in [0.25, 0.3) is 0 Å². The summed E-state index contributed by atoms with van der Waals surface area (Å²) in [4.78, 5) is 10.7. The minimum absolute atomic E-state index is 0. The number of benzene rings is 2. The average molecular weight is 296 g/mol. The number of halogens is 2. The van der Waals surface area contributed by atoms with Crippen molar-refractivity contribution < 1.29 is 14.3 Å². The third-order valence-corrected chi connectivity index (χ3v) is 2.91. The van der Waals surface area contributed by atoms with Crippen molar-refractivity contribution >= 4 is 18.4 Å². The van der Waals surface area contributed by atoms with E-state index in [1.165, 1.54) is 6.07 Å². The smallest absolute Gasteiger partial charge is 0.320 e. The van der Waals surface area contributed by atoms with Crippen molar-refractivity contribution in [3.63, 3.8) is 0 Å². The third kappa shape index (κ3) is 3.79. The molecular formula is C15H15ClFNO2. The van der Waals surface area contributed by atoms with E-state index in [4.69, 9.17) is 10.8 Å². The van der Waals surface area contributed by atoms with E-state index in [2.05, 4.69) is 0 Å². The number of nitrogens with two attached hydrogens (primary N) is 1. The first kappa shape index (κ1) is 16.1. The highest BCUT2D eigenvalue weighted by atomic mass is 35.5. The van der Waals surface area contributed by atoms with E-state index in [0.717, 1.165) is 11.1 Å². The van der Waals surface area contributed by atoms with Crippen LogP contribution in [-0.2, 0) is 11.2 Å². The lowest BCUT2D eigenvalue weighted by Crippen LogP contribution is -2.32. The summed E-state index contributed by atoms with van der Waals surface area (Å²) < 4.78 is 13.6. The molecule has 0 spiro atoms. The second kappa shape index (κ2) is 7.03. The molecule has 0 aliphatic rings. The Hall–Kier alpha value is -1.91. The van der Waals surface area contributed by atoms with E-state index < -0.39 is 12.0 Å². The summed E-state index contributed by atoms with van der Waals surface area (Å²) in [5.74, 6) is -1.31. The van der Waals surface area contributed by atoms with Crippen LogP contribution >= 0.6 is 12.4 Å². The van der Waals surface area contributed by atoms with Crippen molar-refractivity contribution in [2.24, 2.45) is 5.73 Å². The molecule has 20 heavy (non-hydrogen) atoms. The van der Waals surface area contributed by atoms with Gasteiger partial charge in [0, 0.05) is 5.56 Å². The molecule has 0 aliphatic heterocycles. The Labute approximate surface area is 122 Å². The first-order valence-corrected chi connectivity index (χ1v) is 5.90. The lowest BCUT2D eigenvalue weighted by atomic mass is 10.0. The van der Waals surface area contributed by atoms with Gasteiger partial charge in [-0.15, -0.1) is 12.4 Å². The molecule has 0 saturated heterocycles. The number of rotatable bonds is 4. The SMILES string of the molecule is Cl.N[C@@H](Cc1ccc(-c2ccccc2F)cc1)C(=O)O. The molecule has 2 aromatic rings. The molecule has 0 radical (unpaired) electrons. The standard InChI is InChI=1S/C15H14FNO2.ClH/c16-13-4-2-1-3-12(13)11-7-5-10(6-8-11)9-14(17)15(18)19;/h1-8,14H,9,17H2,(H,18,19);1H/t14-;/m0./s1. The highest BCUT2D eigenvalue weighted by Gasteiger charge is 2.12. The van der Waals surface area contributed by atoms with Gasteiger partial charge >= 0.3 is 5.97 Å². The fourth-order valence-electron chi connectivity index (χ4n) is 1.86. The summed E-state index contributed by atoms with van der Waals surface area (Å²) >= 11 is 0. The van der Waals surface area contributed by atoms with Crippen molar-refractivity contribution in [1.29, 1.82) is 0 Å². The first-order chi connectivity index (χ1) is 9.08. The maximum atomic E-state index is 13.6. The van der Waals surface area contributed by atoms with Gasteiger partial charge in [-0.25, -0.2) is 4.39 Å². The van der Waals surface area contributed by atoms with E-state index in [0.29, 0.717) is 5.56 Å². The fraction of sp³-hybridized carbons (Fsp3) is 0.133. The Morgan fingerprint density at radius 2 is 1.75 bits per heavy atom. The number of aliphatic carboxylic acids is 1. The zero-order valence-corrected chi connectivity index (χ0v) is 11.4. The molecule has 2 rings (SSSR count). The van der Waals surface area contributed by atoms with Gasteiger partial charge in [-0.1, -0.05) is 42.5 Å². The molecule has 5 heteroatoms. The van der Waals surface area contributed by atoms with Gasteiger partial charge in [-0.05, 0) is 23.6 Å². The van der Waals surface area contributed by atoms with Crippen molar-refractivity contribution in [2.45, 2.75) is 12.5 Å². The molecule has 3 N–H and O–H groups in total.